The first-order valence-corrected chi connectivity index (χ1v) is 9.07. The fraction of sp³-hybridized carbons (Fsp3) is 0.273. The number of hydrogen-bond donors (Lipinski definition) is 2. The number of aliphatic hydroxyl groups is 1. The van der Waals surface area contributed by atoms with Crippen LogP contribution in [0.25, 0.3) is 11.3 Å². The van der Waals surface area contributed by atoms with Crippen LogP contribution in [0.4, 0.5) is 10.1 Å². The second-order valence-electron chi connectivity index (χ2n) is 7.75. The number of aromatic nitrogens is 2. The highest BCUT2D eigenvalue weighted by Gasteiger charge is 2.25. The predicted molar refractivity (Wildman–Crippen MR) is 108 cm³/mol. The van der Waals surface area contributed by atoms with E-state index in [4.69, 9.17) is 0 Å². The third-order valence-corrected chi connectivity index (χ3v) is 4.54. The lowest BCUT2D eigenvalue weighted by molar-refractivity contribution is 0.102. The molecule has 3 aromatic rings. The van der Waals surface area contributed by atoms with E-state index in [0.717, 1.165) is 11.1 Å². The van der Waals surface area contributed by atoms with Gasteiger partial charge in [-0.2, -0.15) is 5.10 Å². The summed E-state index contributed by atoms with van der Waals surface area (Å²) in [6, 6.07) is 11.4. The minimum atomic E-state index is -0.365. The summed E-state index contributed by atoms with van der Waals surface area (Å²) in [7, 11) is 0. The van der Waals surface area contributed by atoms with Crippen molar-refractivity contribution in [1.29, 1.82) is 0 Å². The zero-order valence-corrected chi connectivity index (χ0v) is 16.5. The third kappa shape index (κ3) is 3.97. The van der Waals surface area contributed by atoms with Crippen LogP contribution in [0.5, 0.6) is 0 Å². The van der Waals surface area contributed by atoms with Gasteiger partial charge in [-0.15, -0.1) is 0 Å². The molecule has 0 bridgehead atoms. The number of nitrogens with one attached hydrogen (secondary N) is 1. The van der Waals surface area contributed by atoms with Crippen molar-refractivity contribution in [2.75, 3.05) is 5.32 Å². The number of carbonyl (C=O) groups is 1. The number of aliphatic hydroxyl groups excluding tert-OH is 1. The molecule has 1 aromatic heterocycles. The summed E-state index contributed by atoms with van der Waals surface area (Å²) in [4.78, 5) is 13.0. The molecular formula is C22H24FN3O2. The monoisotopic (exact) mass is 381 g/mol. The van der Waals surface area contributed by atoms with Crippen LogP contribution < -0.4 is 5.32 Å². The van der Waals surface area contributed by atoms with Crippen molar-refractivity contribution in [3.63, 3.8) is 0 Å². The van der Waals surface area contributed by atoms with Crippen molar-refractivity contribution in [2.24, 2.45) is 0 Å². The summed E-state index contributed by atoms with van der Waals surface area (Å²) >= 11 is 0. The molecule has 146 valence electrons. The van der Waals surface area contributed by atoms with Crippen LogP contribution >= 0.6 is 0 Å². The van der Waals surface area contributed by atoms with Crippen molar-refractivity contribution in [3.05, 3.63) is 71.2 Å². The summed E-state index contributed by atoms with van der Waals surface area (Å²) in [6.45, 7) is 7.77. The van der Waals surface area contributed by atoms with Gasteiger partial charge in [0, 0.05) is 11.3 Å². The number of aryl methyl sites for hydroxylation is 1. The third-order valence-electron chi connectivity index (χ3n) is 4.54. The molecule has 0 fully saturated rings. The topological polar surface area (TPSA) is 67.2 Å². The lowest BCUT2D eigenvalue weighted by Crippen LogP contribution is -2.24. The molecule has 0 aliphatic heterocycles. The molecule has 0 aliphatic rings. The Balaban J connectivity index is 2.03. The number of nitrogens with zero attached hydrogens (tertiary/aromatic N) is 2. The molecule has 0 spiro atoms. The van der Waals surface area contributed by atoms with Gasteiger partial charge in [0.2, 0.25) is 0 Å². The van der Waals surface area contributed by atoms with E-state index in [1.807, 2.05) is 33.8 Å². The molecule has 6 heteroatoms. The Morgan fingerprint density at radius 1 is 1.18 bits per heavy atom. The molecule has 3 rings (SSSR count). The van der Waals surface area contributed by atoms with E-state index >= 15 is 0 Å². The molecular weight excluding hydrogens is 357 g/mol. The molecule has 28 heavy (non-hydrogen) atoms. The fourth-order valence-corrected chi connectivity index (χ4v) is 3.03. The first kappa shape index (κ1) is 19.8. The standard InChI is InChI=1S/C22H24FN3O2/c1-14-5-10-18(11-16(14)13-27)25-21(28)19-12-24-26(22(2,3)4)20(19)15-6-8-17(23)9-7-15/h5-12,27H,13H2,1-4H3,(H,25,28). The zero-order chi connectivity index (χ0) is 20.5. The number of amides is 1. The van der Waals surface area contributed by atoms with Gasteiger partial charge in [0.15, 0.2) is 0 Å². The van der Waals surface area contributed by atoms with E-state index in [-0.39, 0.29) is 23.9 Å². The highest BCUT2D eigenvalue weighted by Crippen LogP contribution is 2.30. The first-order chi connectivity index (χ1) is 13.2. The number of benzene rings is 2. The Kier molecular flexibility index (Phi) is 5.34. The van der Waals surface area contributed by atoms with Crippen molar-refractivity contribution in [1.82, 2.24) is 9.78 Å². The summed E-state index contributed by atoms with van der Waals surface area (Å²) in [5, 5.41) is 16.7. The van der Waals surface area contributed by atoms with Crippen molar-refractivity contribution in [3.8, 4) is 11.3 Å². The molecule has 0 radical (unpaired) electrons. The van der Waals surface area contributed by atoms with Gasteiger partial charge >= 0.3 is 0 Å². The van der Waals surface area contributed by atoms with Crippen molar-refractivity contribution < 1.29 is 14.3 Å². The van der Waals surface area contributed by atoms with Gasteiger partial charge in [-0.3, -0.25) is 9.48 Å². The van der Waals surface area contributed by atoms with Crippen molar-refractivity contribution in [2.45, 2.75) is 39.8 Å². The molecule has 5 nitrogen and oxygen atoms in total. The summed E-state index contributed by atoms with van der Waals surface area (Å²) in [6.07, 6.45) is 1.53. The number of hydrogen-bond acceptors (Lipinski definition) is 3. The number of anilines is 1. The highest BCUT2D eigenvalue weighted by atomic mass is 19.1. The predicted octanol–water partition coefficient (Wildman–Crippen LogP) is 4.50. The van der Waals surface area contributed by atoms with E-state index in [1.54, 1.807) is 28.9 Å². The van der Waals surface area contributed by atoms with Crippen molar-refractivity contribution >= 4 is 11.6 Å². The van der Waals surface area contributed by atoms with Crippen LogP contribution in [0.2, 0.25) is 0 Å². The van der Waals surface area contributed by atoms with E-state index in [0.29, 0.717) is 22.5 Å². The normalized spacial score (nSPS) is 11.5. The van der Waals surface area contributed by atoms with Crippen LogP contribution in [0, 0.1) is 12.7 Å². The van der Waals surface area contributed by atoms with Gasteiger partial charge in [-0.25, -0.2) is 4.39 Å². The van der Waals surface area contributed by atoms with Gasteiger partial charge in [-0.05, 0) is 75.2 Å². The average Bonchev–Trinajstić information content (AvgIpc) is 3.09. The Hall–Kier alpha value is -2.99. The lowest BCUT2D eigenvalue weighted by Gasteiger charge is -2.23. The van der Waals surface area contributed by atoms with Gasteiger partial charge < -0.3 is 10.4 Å². The second-order valence-corrected chi connectivity index (χ2v) is 7.75. The number of carbonyl (C=O) groups excluding carboxylic acids is 1. The van der Waals surface area contributed by atoms with Gasteiger partial charge in [-0.1, -0.05) is 6.07 Å². The molecule has 0 atom stereocenters. The molecule has 0 saturated heterocycles. The molecule has 0 saturated carbocycles. The van der Waals surface area contributed by atoms with E-state index < -0.39 is 0 Å². The average molecular weight is 381 g/mol. The summed E-state index contributed by atoms with van der Waals surface area (Å²) in [5.74, 6) is -0.657. The highest BCUT2D eigenvalue weighted by molar-refractivity contribution is 6.08. The molecule has 0 aliphatic carbocycles. The molecule has 2 N–H and O–H groups in total. The quantitative estimate of drug-likeness (QED) is 0.699. The SMILES string of the molecule is Cc1ccc(NC(=O)c2cnn(C(C)(C)C)c2-c2ccc(F)cc2)cc1CO. The minimum absolute atomic E-state index is 0.0989. The van der Waals surface area contributed by atoms with Crippen LogP contribution in [0.1, 0.15) is 42.3 Å². The van der Waals surface area contributed by atoms with Gasteiger partial charge in [0.1, 0.15) is 5.82 Å². The Morgan fingerprint density at radius 3 is 2.46 bits per heavy atom. The Labute approximate surface area is 163 Å². The van der Waals surface area contributed by atoms with Crippen LogP contribution in [0.3, 0.4) is 0 Å². The van der Waals surface area contributed by atoms with Gasteiger partial charge in [0.05, 0.1) is 29.6 Å². The van der Waals surface area contributed by atoms with E-state index in [2.05, 4.69) is 10.4 Å². The minimum Gasteiger partial charge on any atom is -0.392 e. The second kappa shape index (κ2) is 7.56. The molecule has 2 aromatic carbocycles. The maximum absolute atomic E-state index is 13.4. The van der Waals surface area contributed by atoms with Crippen LogP contribution in [-0.2, 0) is 12.1 Å². The van der Waals surface area contributed by atoms with E-state index in [1.165, 1.54) is 18.3 Å². The Bertz CT molecular complexity index is 1000. The molecule has 1 heterocycles. The number of halogens is 1. The van der Waals surface area contributed by atoms with Gasteiger partial charge in [0.25, 0.3) is 5.91 Å². The first-order valence-electron chi connectivity index (χ1n) is 9.07. The maximum Gasteiger partial charge on any atom is 0.259 e. The molecule has 1 amide bonds. The number of rotatable bonds is 4. The fourth-order valence-electron chi connectivity index (χ4n) is 3.03. The lowest BCUT2D eigenvalue weighted by atomic mass is 10.0. The molecule has 0 unspecified atom stereocenters. The zero-order valence-electron chi connectivity index (χ0n) is 16.5. The smallest absolute Gasteiger partial charge is 0.259 e. The van der Waals surface area contributed by atoms with Crippen LogP contribution in [0.15, 0.2) is 48.7 Å². The largest absolute Gasteiger partial charge is 0.392 e. The summed E-state index contributed by atoms with van der Waals surface area (Å²) < 4.78 is 15.2. The summed E-state index contributed by atoms with van der Waals surface area (Å²) in [5.41, 5.74) is 3.66. The Morgan fingerprint density at radius 2 is 1.86 bits per heavy atom. The van der Waals surface area contributed by atoms with E-state index in [9.17, 15) is 14.3 Å². The maximum atomic E-state index is 13.4. The van der Waals surface area contributed by atoms with Crippen LogP contribution in [-0.4, -0.2) is 20.8 Å².